The number of hydrogen-bond acceptors (Lipinski definition) is 3. The zero-order chi connectivity index (χ0) is 25.4. The predicted octanol–water partition coefficient (Wildman–Crippen LogP) is 5.71. The molecule has 2 amide bonds. The van der Waals surface area contributed by atoms with Crippen LogP contribution in [0.3, 0.4) is 0 Å². The Morgan fingerprint density at radius 2 is 1.81 bits per heavy atom. The van der Waals surface area contributed by atoms with Crippen molar-refractivity contribution in [2.75, 3.05) is 25.6 Å². The maximum absolute atomic E-state index is 14.1. The summed E-state index contributed by atoms with van der Waals surface area (Å²) in [6, 6.07) is 20.4. The first kappa shape index (κ1) is 24.1. The van der Waals surface area contributed by atoms with Crippen molar-refractivity contribution in [2.24, 2.45) is 7.05 Å². The molecule has 0 radical (unpaired) electrons. The molecule has 7 heteroatoms. The summed E-state index contributed by atoms with van der Waals surface area (Å²) in [4.78, 5) is 29.6. The Balaban J connectivity index is 1.69. The first-order valence-corrected chi connectivity index (χ1v) is 12.3. The fourth-order valence-corrected chi connectivity index (χ4v) is 5.48. The fourth-order valence-electron chi connectivity index (χ4n) is 5.20. The van der Waals surface area contributed by atoms with Crippen LogP contribution in [0.1, 0.15) is 39.0 Å². The molecular weight excluding hydrogens is 474 g/mol. The highest BCUT2D eigenvalue weighted by Crippen LogP contribution is 2.45. The number of ether oxygens (including phenoxy) is 1. The van der Waals surface area contributed by atoms with Crippen molar-refractivity contribution in [1.82, 2.24) is 9.47 Å². The standard InChI is InChI=1S/C29H28ClN3O3/c1-18-12-13-24(23(30)16-18)31-28(34)26-20-9-4-5-10-21(20)29(35)33(14-15-36-3)27(26)22-17-32(2)25-11-7-6-8-19(22)25/h4-13,16-17,26-27H,14-15H2,1-3H3,(H,31,34). The summed E-state index contributed by atoms with van der Waals surface area (Å²) in [5, 5.41) is 4.53. The number of benzene rings is 3. The number of aromatic nitrogens is 1. The number of halogens is 1. The summed E-state index contributed by atoms with van der Waals surface area (Å²) in [6.07, 6.45) is 2.02. The number of rotatable bonds is 6. The molecule has 1 aliphatic heterocycles. The summed E-state index contributed by atoms with van der Waals surface area (Å²) in [6.45, 7) is 2.66. The average Bonchev–Trinajstić information content (AvgIpc) is 3.21. The van der Waals surface area contributed by atoms with Gasteiger partial charge in [-0.05, 0) is 42.3 Å². The Bertz CT molecular complexity index is 1460. The van der Waals surface area contributed by atoms with Crippen molar-refractivity contribution >= 4 is 40.0 Å². The monoisotopic (exact) mass is 501 g/mol. The third-order valence-electron chi connectivity index (χ3n) is 6.89. The van der Waals surface area contributed by atoms with Crippen LogP contribution in [-0.2, 0) is 16.6 Å². The largest absolute Gasteiger partial charge is 0.383 e. The van der Waals surface area contributed by atoms with E-state index in [1.165, 1.54) is 0 Å². The van der Waals surface area contributed by atoms with Crippen LogP contribution in [0.15, 0.2) is 72.9 Å². The smallest absolute Gasteiger partial charge is 0.254 e. The molecule has 5 rings (SSSR count). The molecule has 1 N–H and O–H groups in total. The van der Waals surface area contributed by atoms with Gasteiger partial charge in [0.1, 0.15) is 0 Å². The molecule has 36 heavy (non-hydrogen) atoms. The first-order valence-electron chi connectivity index (χ1n) is 11.9. The second-order valence-electron chi connectivity index (χ2n) is 9.19. The van der Waals surface area contributed by atoms with Crippen LogP contribution in [-0.4, -0.2) is 41.5 Å². The van der Waals surface area contributed by atoms with E-state index in [2.05, 4.69) is 5.32 Å². The quantitative estimate of drug-likeness (QED) is 0.368. The second-order valence-corrected chi connectivity index (χ2v) is 9.59. The lowest BCUT2D eigenvalue weighted by Gasteiger charge is -2.41. The van der Waals surface area contributed by atoms with Crippen LogP contribution in [0.5, 0.6) is 0 Å². The van der Waals surface area contributed by atoms with E-state index in [0.29, 0.717) is 35.0 Å². The Kier molecular flexibility index (Phi) is 6.56. The van der Waals surface area contributed by atoms with E-state index in [1.54, 1.807) is 18.1 Å². The predicted molar refractivity (Wildman–Crippen MR) is 143 cm³/mol. The number of fused-ring (bicyclic) bond motifs is 2. The van der Waals surface area contributed by atoms with Gasteiger partial charge in [0, 0.05) is 48.9 Å². The third-order valence-corrected chi connectivity index (χ3v) is 7.20. The maximum Gasteiger partial charge on any atom is 0.254 e. The van der Waals surface area contributed by atoms with Gasteiger partial charge in [-0.1, -0.05) is 54.1 Å². The van der Waals surface area contributed by atoms with Gasteiger partial charge in [-0.3, -0.25) is 9.59 Å². The first-order chi connectivity index (χ1) is 17.4. The van der Waals surface area contributed by atoms with Crippen molar-refractivity contribution in [3.63, 3.8) is 0 Å². The summed E-state index contributed by atoms with van der Waals surface area (Å²) in [7, 11) is 3.59. The molecule has 0 fully saturated rings. The molecule has 2 unspecified atom stereocenters. The van der Waals surface area contributed by atoms with Crippen LogP contribution in [0.2, 0.25) is 5.02 Å². The van der Waals surface area contributed by atoms with Gasteiger partial charge in [0.2, 0.25) is 5.91 Å². The molecule has 2 atom stereocenters. The lowest BCUT2D eigenvalue weighted by molar-refractivity contribution is -0.119. The van der Waals surface area contributed by atoms with Gasteiger partial charge in [0.25, 0.3) is 5.91 Å². The van der Waals surface area contributed by atoms with Crippen LogP contribution in [0, 0.1) is 6.92 Å². The SMILES string of the molecule is COCCN1C(=O)c2ccccc2C(C(=O)Nc2ccc(C)cc2Cl)C1c1cn(C)c2ccccc12. The molecular formula is C29H28ClN3O3. The average molecular weight is 502 g/mol. The Labute approximate surface area is 215 Å². The lowest BCUT2D eigenvalue weighted by atomic mass is 9.79. The number of aryl methyl sites for hydroxylation is 2. The van der Waals surface area contributed by atoms with Gasteiger partial charge >= 0.3 is 0 Å². The molecule has 0 saturated carbocycles. The van der Waals surface area contributed by atoms with Crippen molar-refractivity contribution in [3.05, 3.63) is 100 Å². The minimum absolute atomic E-state index is 0.113. The molecule has 3 aromatic carbocycles. The molecule has 0 spiro atoms. The van der Waals surface area contributed by atoms with Crippen LogP contribution >= 0.6 is 11.6 Å². The van der Waals surface area contributed by atoms with Gasteiger partial charge in [0.05, 0.1) is 29.3 Å². The fraction of sp³-hybridized carbons (Fsp3) is 0.241. The molecule has 0 saturated heterocycles. The third kappa shape index (κ3) is 4.16. The number of nitrogens with one attached hydrogen (secondary N) is 1. The lowest BCUT2D eigenvalue weighted by Crippen LogP contribution is -2.47. The minimum atomic E-state index is -0.654. The molecule has 6 nitrogen and oxygen atoms in total. The van der Waals surface area contributed by atoms with Gasteiger partial charge in [-0.15, -0.1) is 0 Å². The van der Waals surface area contributed by atoms with E-state index < -0.39 is 12.0 Å². The van der Waals surface area contributed by atoms with Gasteiger partial charge in [0.15, 0.2) is 0 Å². The molecule has 184 valence electrons. The summed E-state index contributed by atoms with van der Waals surface area (Å²) >= 11 is 6.47. The highest BCUT2D eigenvalue weighted by molar-refractivity contribution is 6.33. The van der Waals surface area contributed by atoms with Crippen molar-refractivity contribution in [1.29, 1.82) is 0 Å². The molecule has 0 aliphatic carbocycles. The number of methoxy groups -OCH3 is 1. The van der Waals surface area contributed by atoms with Crippen LogP contribution < -0.4 is 5.32 Å². The number of amides is 2. The van der Waals surface area contributed by atoms with Gasteiger partial charge < -0.3 is 19.5 Å². The molecule has 4 aromatic rings. The van der Waals surface area contributed by atoms with Crippen LogP contribution in [0.4, 0.5) is 5.69 Å². The molecule has 2 heterocycles. The highest BCUT2D eigenvalue weighted by Gasteiger charge is 2.45. The Morgan fingerprint density at radius 1 is 1.06 bits per heavy atom. The zero-order valence-electron chi connectivity index (χ0n) is 20.5. The van der Waals surface area contributed by atoms with Crippen molar-refractivity contribution in [2.45, 2.75) is 18.9 Å². The Morgan fingerprint density at radius 3 is 2.58 bits per heavy atom. The van der Waals surface area contributed by atoms with E-state index in [0.717, 1.165) is 22.0 Å². The number of hydrogen-bond donors (Lipinski definition) is 1. The van der Waals surface area contributed by atoms with E-state index >= 15 is 0 Å². The highest BCUT2D eigenvalue weighted by atomic mass is 35.5. The van der Waals surface area contributed by atoms with Crippen molar-refractivity contribution < 1.29 is 14.3 Å². The van der Waals surface area contributed by atoms with Gasteiger partial charge in [-0.25, -0.2) is 0 Å². The molecule has 1 aliphatic rings. The minimum Gasteiger partial charge on any atom is -0.383 e. The van der Waals surface area contributed by atoms with E-state index in [9.17, 15) is 9.59 Å². The Hall–Kier alpha value is -3.61. The summed E-state index contributed by atoms with van der Waals surface area (Å²) in [5.41, 5.74) is 4.73. The zero-order valence-corrected chi connectivity index (χ0v) is 21.3. The number of para-hydroxylation sites is 1. The summed E-state index contributed by atoms with van der Waals surface area (Å²) in [5.74, 6) is -0.988. The topological polar surface area (TPSA) is 63.6 Å². The summed E-state index contributed by atoms with van der Waals surface area (Å²) < 4.78 is 7.40. The number of nitrogens with zero attached hydrogens (tertiary/aromatic N) is 2. The normalized spacial score (nSPS) is 17.3. The van der Waals surface area contributed by atoms with E-state index in [4.69, 9.17) is 16.3 Å². The number of carbonyl (C=O) groups is 2. The second kappa shape index (κ2) is 9.80. The van der Waals surface area contributed by atoms with Gasteiger partial charge in [-0.2, -0.15) is 0 Å². The number of anilines is 1. The molecule has 0 bridgehead atoms. The van der Waals surface area contributed by atoms with Crippen LogP contribution in [0.25, 0.3) is 10.9 Å². The molecule has 1 aromatic heterocycles. The van der Waals surface area contributed by atoms with Crippen molar-refractivity contribution in [3.8, 4) is 0 Å². The maximum atomic E-state index is 14.1. The van der Waals surface area contributed by atoms with E-state index in [-0.39, 0.29) is 11.8 Å². The number of carbonyl (C=O) groups excluding carboxylic acids is 2. The van der Waals surface area contributed by atoms with E-state index in [1.807, 2.05) is 85.4 Å².